The van der Waals surface area contributed by atoms with Crippen LogP contribution in [0.3, 0.4) is 0 Å². The number of benzene rings is 1. The molecule has 1 aromatic carbocycles. The van der Waals surface area contributed by atoms with Crippen molar-refractivity contribution in [2.75, 3.05) is 0 Å². The molecule has 14 heavy (non-hydrogen) atoms. The average Bonchev–Trinajstić information content (AvgIpc) is 2.47. The van der Waals surface area contributed by atoms with Gasteiger partial charge in [-0.05, 0) is 36.1 Å². The number of halogens is 1. The molecule has 0 aliphatic rings. The molecule has 0 aliphatic heterocycles. The summed E-state index contributed by atoms with van der Waals surface area (Å²) in [4.78, 5) is 0. The minimum absolute atomic E-state index is 0.397. The molecule has 0 fully saturated rings. The summed E-state index contributed by atoms with van der Waals surface area (Å²) in [6.45, 7) is 4.22. The molecule has 72 valence electrons. The predicted molar refractivity (Wildman–Crippen MR) is 65.0 cm³/mol. The van der Waals surface area contributed by atoms with Gasteiger partial charge in [-0.25, -0.2) is 0 Å². The van der Waals surface area contributed by atoms with Crippen LogP contribution in [-0.4, -0.2) is 0 Å². The highest BCUT2D eigenvalue weighted by atomic mass is 35.5. The van der Waals surface area contributed by atoms with Crippen molar-refractivity contribution in [2.24, 2.45) is 0 Å². The summed E-state index contributed by atoms with van der Waals surface area (Å²) in [5.41, 5.74) is 2.58. The van der Waals surface area contributed by atoms with Gasteiger partial charge in [0.2, 0.25) is 0 Å². The predicted octanol–water partition coefficient (Wildman–Crippen LogP) is 4.93. The Labute approximate surface area is 90.6 Å². The van der Waals surface area contributed by atoms with Crippen LogP contribution in [0.1, 0.15) is 11.1 Å². The molecule has 1 unspecified atom stereocenters. The second-order valence-electron chi connectivity index (χ2n) is 3.43. The van der Waals surface area contributed by atoms with Crippen LogP contribution < -0.4 is 0 Å². The molecule has 1 aromatic heterocycles. The van der Waals surface area contributed by atoms with E-state index in [9.17, 15) is 0 Å². The summed E-state index contributed by atoms with van der Waals surface area (Å²) in [6, 6.07) is 10.5. The number of hydrogen-bond donors (Lipinski definition) is 0. The van der Waals surface area contributed by atoms with Crippen LogP contribution >= 0.6 is 19.1 Å². The quantitative estimate of drug-likeness (QED) is 0.642. The van der Waals surface area contributed by atoms with Gasteiger partial charge in [0.25, 0.3) is 0 Å². The number of aryl methyl sites for hydroxylation is 1. The molecule has 0 amide bonds. The van der Waals surface area contributed by atoms with Crippen LogP contribution in [0.25, 0.3) is 5.30 Å². The Bertz CT molecular complexity index is 443. The van der Waals surface area contributed by atoms with E-state index in [1.54, 1.807) is 0 Å². The lowest BCUT2D eigenvalue weighted by molar-refractivity contribution is 1.41. The molecule has 2 heteroatoms. The summed E-state index contributed by atoms with van der Waals surface area (Å²) >= 11 is 6.31. The van der Waals surface area contributed by atoms with Gasteiger partial charge in [-0.2, -0.15) is 0 Å². The van der Waals surface area contributed by atoms with Crippen LogP contribution in [0.15, 0.2) is 36.1 Å². The van der Waals surface area contributed by atoms with Gasteiger partial charge < -0.3 is 0 Å². The molecule has 0 radical (unpaired) electrons. The molecular weight excluding hydrogens is 211 g/mol. The van der Waals surface area contributed by atoms with Gasteiger partial charge in [-0.3, -0.25) is 0 Å². The van der Waals surface area contributed by atoms with E-state index < -0.39 is 7.53 Å². The van der Waals surface area contributed by atoms with Crippen LogP contribution in [0.4, 0.5) is 0 Å². The molecule has 1 atom stereocenters. The Hall–Kier alpha value is -0.710. The van der Waals surface area contributed by atoms with Crippen molar-refractivity contribution in [2.45, 2.75) is 13.8 Å². The van der Waals surface area contributed by atoms with E-state index in [-0.39, 0.29) is 0 Å². The summed E-state index contributed by atoms with van der Waals surface area (Å²) in [7, 11) is -0.397. The smallest absolute Gasteiger partial charge is 0.0672 e. The number of hydrogen-bond acceptors (Lipinski definition) is 0. The summed E-state index contributed by atoms with van der Waals surface area (Å²) in [6.07, 6.45) is 0. The fraction of sp³-hybridized carbons (Fsp3) is 0.167. The Balaban J connectivity index is 2.58. The van der Waals surface area contributed by atoms with Crippen molar-refractivity contribution in [1.82, 2.24) is 0 Å². The van der Waals surface area contributed by atoms with Gasteiger partial charge >= 0.3 is 0 Å². The maximum atomic E-state index is 6.31. The van der Waals surface area contributed by atoms with Crippen LogP contribution in [0, 0.1) is 13.8 Å². The van der Waals surface area contributed by atoms with E-state index in [0.29, 0.717) is 0 Å². The molecular formula is C12H12ClP. The molecule has 1 heterocycles. The van der Waals surface area contributed by atoms with Gasteiger partial charge in [-0.15, -0.1) is 0 Å². The van der Waals surface area contributed by atoms with E-state index in [4.69, 9.17) is 11.6 Å². The van der Waals surface area contributed by atoms with E-state index in [2.05, 4.69) is 43.9 Å². The fourth-order valence-corrected chi connectivity index (χ4v) is 4.16. The Morgan fingerprint density at radius 3 is 2.21 bits per heavy atom. The van der Waals surface area contributed by atoms with E-state index in [1.807, 2.05) is 6.07 Å². The first kappa shape index (κ1) is 9.83. The molecule has 0 saturated carbocycles. The van der Waals surface area contributed by atoms with Gasteiger partial charge in [0.1, 0.15) is 0 Å². The highest BCUT2D eigenvalue weighted by molar-refractivity contribution is 7.59. The SMILES string of the molecule is Cc1cp(-c2ccccc2)c(Cl)c1C. The molecule has 0 aliphatic carbocycles. The standard InChI is InChI=1S/C12H12ClP/c1-9-8-14(12(13)10(9)2)11-6-4-3-5-7-11/h3-8H,1-2H3. The summed E-state index contributed by atoms with van der Waals surface area (Å²) < 4.78 is 1.03. The second kappa shape index (κ2) is 3.81. The van der Waals surface area contributed by atoms with Crippen molar-refractivity contribution in [3.05, 3.63) is 52.0 Å². The first-order valence-corrected chi connectivity index (χ1v) is 6.38. The maximum Gasteiger partial charge on any atom is 0.0672 e. The Morgan fingerprint density at radius 2 is 1.71 bits per heavy atom. The van der Waals surface area contributed by atoms with Gasteiger partial charge in [-0.1, -0.05) is 49.5 Å². The van der Waals surface area contributed by atoms with Crippen molar-refractivity contribution >= 4 is 19.1 Å². The zero-order chi connectivity index (χ0) is 10.1. The Morgan fingerprint density at radius 1 is 1.07 bits per heavy atom. The topological polar surface area (TPSA) is 0 Å². The fourth-order valence-electron chi connectivity index (χ4n) is 1.47. The highest BCUT2D eigenvalue weighted by Crippen LogP contribution is 2.50. The molecule has 0 nitrogen and oxygen atoms in total. The summed E-state index contributed by atoms with van der Waals surface area (Å²) in [5.74, 6) is 2.29. The second-order valence-corrected chi connectivity index (χ2v) is 6.04. The van der Waals surface area contributed by atoms with Gasteiger partial charge in [0.15, 0.2) is 0 Å². The summed E-state index contributed by atoms with van der Waals surface area (Å²) in [5, 5.41) is 1.34. The van der Waals surface area contributed by atoms with Crippen LogP contribution in [-0.2, 0) is 0 Å². The zero-order valence-corrected chi connectivity index (χ0v) is 9.94. The van der Waals surface area contributed by atoms with E-state index >= 15 is 0 Å². The largest absolute Gasteiger partial charge is 0.0790 e. The Kier molecular flexibility index (Phi) is 2.67. The highest BCUT2D eigenvalue weighted by Gasteiger charge is 2.09. The molecule has 0 saturated heterocycles. The van der Waals surface area contributed by atoms with Crippen LogP contribution in [0.5, 0.6) is 0 Å². The third-order valence-corrected chi connectivity index (χ3v) is 5.56. The first-order valence-electron chi connectivity index (χ1n) is 4.59. The van der Waals surface area contributed by atoms with E-state index in [0.717, 1.165) is 4.75 Å². The molecule has 0 bridgehead atoms. The van der Waals surface area contributed by atoms with Crippen molar-refractivity contribution in [1.29, 1.82) is 0 Å². The van der Waals surface area contributed by atoms with Gasteiger partial charge in [0.05, 0.1) is 4.75 Å². The molecule has 0 spiro atoms. The van der Waals surface area contributed by atoms with Crippen molar-refractivity contribution < 1.29 is 0 Å². The van der Waals surface area contributed by atoms with Crippen molar-refractivity contribution in [3.8, 4) is 5.30 Å². The van der Waals surface area contributed by atoms with Crippen LogP contribution in [0.2, 0.25) is 4.75 Å². The molecule has 0 N–H and O–H groups in total. The lowest BCUT2D eigenvalue weighted by atomic mass is 10.2. The minimum atomic E-state index is -0.397. The van der Waals surface area contributed by atoms with Gasteiger partial charge in [0, 0.05) is 0 Å². The zero-order valence-electron chi connectivity index (χ0n) is 8.29. The number of rotatable bonds is 1. The lowest BCUT2D eigenvalue weighted by Crippen LogP contribution is -1.67. The first-order chi connectivity index (χ1) is 6.70. The molecule has 2 aromatic rings. The van der Waals surface area contributed by atoms with Crippen molar-refractivity contribution in [3.63, 3.8) is 0 Å². The average molecular weight is 223 g/mol. The third kappa shape index (κ3) is 1.61. The third-order valence-electron chi connectivity index (χ3n) is 2.47. The monoisotopic (exact) mass is 222 g/mol. The lowest BCUT2D eigenvalue weighted by Gasteiger charge is -1.99. The minimum Gasteiger partial charge on any atom is -0.0790 e. The normalized spacial score (nSPS) is 11.8. The maximum absolute atomic E-state index is 6.31. The molecule has 2 rings (SSSR count). The van der Waals surface area contributed by atoms with E-state index in [1.165, 1.54) is 16.4 Å².